The van der Waals surface area contributed by atoms with E-state index in [1.807, 2.05) is 25.1 Å². The molecule has 0 unspecified atom stereocenters. The summed E-state index contributed by atoms with van der Waals surface area (Å²) in [5.41, 5.74) is 2.43. The lowest BCUT2D eigenvalue weighted by atomic mass is 10.1. The zero-order chi connectivity index (χ0) is 18.3. The van der Waals surface area contributed by atoms with E-state index in [0.29, 0.717) is 16.4 Å². The first kappa shape index (κ1) is 16.3. The molecule has 0 aliphatic carbocycles. The lowest BCUT2D eigenvalue weighted by molar-refractivity contribution is -0.117. The molecule has 4 aromatic rings. The molecule has 0 aliphatic heterocycles. The van der Waals surface area contributed by atoms with Crippen molar-refractivity contribution >= 4 is 39.7 Å². The van der Waals surface area contributed by atoms with E-state index in [9.17, 15) is 9.59 Å². The van der Waals surface area contributed by atoms with Crippen LogP contribution in [0.2, 0.25) is 5.02 Å². The number of aryl methyl sites for hydroxylation is 1. The third kappa shape index (κ3) is 2.82. The zero-order valence-electron chi connectivity index (χ0n) is 13.8. The second kappa shape index (κ2) is 6.27. The maximum atomic E-state index is 12.5. The van der Waals surface area contributed by atoms with E-state index in [1.165, 1.54) is 10.7 Å². The summed E-state index contributed by atoms with van der Waals surface area (Å²) in [6, 6.07) is 12.4. The number of nitrogens with one attached hydrogen (secondary N) is 1. The van der Waals surface area contributed by atoms with E-state index in [1.54, 1.807) is 24.3 Å². The Bertz CT molecular complexity index is 1190. The van der Waals surface area contributed by atoms with Crippen molar-refractivity contribution in [3.63, 3.8) is 0 Å². The van der Waals surface area contributed by atoms with Gasteiger partial charge in [-0.05, 0) is 42.8 Å². The molecule has 0 saturated heterocycles. The van der Waals surface area contributed by atoms with E-state index >= 15 is 0 Å². The van der Waals surface area contributed by atoms with Crippen molar-refractivity contribution in [2.45, 2.75) is 13.5 Å². The van der Waals surface area contributed by atoms with Crippen molar-refractivity contribution in [3.8, 4) is 0 Å². The number of amides is 1. The van der Waals surface area contributed by atoms with Gasteiger partial charge in [0, 0.05) is 16.1 Å². The fourth-order valence-corrected chi connectivity index (χ4v) is 2.93. The van der Waals surface area contributed by atoms with Gasteiger partial charge in [0.2, 0.25) is 5.91 Å². The smallest absolute Gasteiger partial charge is 0.324 e. The molecule has 130 valence electrons. The Balaban J connectivity index is 1.68. The van der Waals surface area contributed by atoms with Gasteiger partial charge in [0.05, 0.1) is 5.52 Å². The van der Waals surface area contributed by atoms with E-state index in [2.05, 4.69) is 15.4 Å². The minimum atomic E-state index is -0.415. The van der Waals surface area contributed by atoms with Crippen molar-refractivity contribution in [1.82, 2.24) is 19.2 Å². The molecular weight excluding hydrogens is 354 g/mol. The molecule has 0 bridgehead atoms. The number of benzene rings is 2. The van der Waals surface area contributed by atoms with Crippen LogP contribution in [0, 0.1) is 6.92 Å². The molecular formula is C18H14ClN5O2. The average molecular weight is 368 g/mol. The van der Waals surface area contributed by atoms with Crippen LogP contribution in [0.3, 0.4) is 0 Å². The summed E-state index contributed by atoms with van der Waals surface area (Å²) in [6.45, 7) is 1.75. The average Bonchev–Trinajstić information content (AvgIpc) is 2.94. The highest BCUT2D eigenvalue weighted by Gasteiger charge is 2.14. The number of halogens is 1. The minimum absolute atomic E-state index is 0.198. The lowest BCUT2D eigenvalue weighted by Crippen LogP contribution is -2.28. The normalized spacial score (nSPS) is 11.2. The third-order valence-corrected chi connectivity index (χ3v) is 4.32. The minimum Gasteiger partial charge on any atom is -0.324 e. The third-order valence-electron chi connectivity index (χ3n) is 4.07. The first-order chi connectivity index (χ1) is 12.5. The molecule has 0 radical (unpaired) electrons. The van der Waals surface area contributed by atoms with Crippen molar-refractivity contribution in [3.05, 3.63) is 69.9 Å². The number of hydrogen-bond acceptors (Lipinski definition) is 4. The monoisotopic (exact) mass is 367 g/mol. The summed E-state index contributed by atoms with van der Waals surface area (Å²) in [5.74, 6) is -0.355. The highest BCUT2D eigenvalue weighted by Crippen LogP contribution is 2.18. The van der Waals surface area contributed by atoms with Gasteiger partial charge >= 0.3 is 5.69 Å². The SMILES string of the molecule is Cc1cccc2c1ncn1c(=O)n(CC(=O)Nc3ccc(Cl)cc3)nc21. The van der Waals surface area contributed by atoms with Crippen LogP contribution in [0.25, 0.3) is 16.6 Å². The van der Waals surface area contributed by atoms with E-state index in [4.69, 9.17) is 11.6 Å². The Morgan fingerprint density at radius 2 is 1.96 bits per heavy atom. The second-order valence-corrected chi connectivity index (χ2v) is 6.34. The van der Waals surface area contributed by atoms with Crippen LogP contribution >= 0.6 is 11.6 Å². The first-order valence-corrected chi connectivity index (χ1v) is 8.29. The Kier molecular flexibility index (Phi) is 3.93. The summed E-state index contributed by atoms with van der Waals surface area (Å²) in [7, 11) is 0. The molecule has 0 saturated carbocycles. The second-order valence-electron chi connectivity index (χ2n) is 5.90. The van der Waals surface area contributed by atoms with Crippen LogP contribution in [0.4, 0.5) is 5.69 Å². The van der Waals surface area contributed by atoms with Gasteiger partial charge in [0.1, 0.15) is 12.9 Å². The molecule has 8 heteroatoms. The molecule has 2 aromatic heterocycles. The number of carbonyl (C=O) groups is 1. The molecule has 0 spiro atoms. The molecule has 4 rings (SSSR count). The first-order valence-electron chi connectivity index (χ1n) is 7.92. The van der Waals surface area contributed by atoms with E-state index in [-0.39, 0.29) is 12.5 Å². The number of rotatable bonds is 3. The number of hydrogen-bond donors (Lipinski definition) is 1. The van der Waals surface area contributed by atoms with E-state index < -0.39 is 5.69 Å². The standard InChI is InChI=1S/C18H14ClN5O2/c1-11-3-2-4-14-16(11)20-10-23-17(14)22-24(18(23)26)9-15(25)21-13-7-5-12(19)6-8-13/h2-8,10H,9H2,1H3,(H,21,25). The Labute approximate surface area is 152 Å². The Hall–Kier alpha value is -3.19. The van der Waals surface area contributed by atoms with Crippen molar-refractivity contribution < 1.29 is 4.79 Å². The number of aromatic nitrogens is 4. The zero-order valence-corrected chi connectivity index (χ0v) is 14.6. The largest absolute Gasteiger partial charge is 0.352 e. The number of anilines is 1. The highest BCUT2D eigenvalue weighted by atomic mass is 35.5. The van der Waals surface area contributed by atoms with Crippen LogP contribution in [-0.2, 0) is 11.3 Å². The van der Waals surface area contributed by atoms with Crippen LogP contribution in [0.1, 0.15) is 5.56 Å². The topological polar surface area (TPSA) is 81.3 Å². The molecule has 0 fully saturated rings. The number of para-hydroxylation sites is 1. The fraction of sp³-hybridized carbons (Fsp3) is 0.111. The Morgan fingerprint density at radius 1 is 1.19 bits per heavy atom. The molecule has 0 aliphatic rings. The molecule has 0 atom stereocenters. The summed E-state index contributed by atoms with van der Waals surface area (Å²) in [6.07, 6.45) is 1.44. The molecule has 2 heterocycles. The quantitative estimate of drug-likeness (QED) is 0.603. The van der Waals surface area contributed by atoms with Gasteiger partial charge in [-0.3, -0.25) is 4.79 Å². The highest BCUT2D eigenvalue weighted by molar-refractivity contribution is 6.30. The Morgan fingerprint density at radius 3 is 2.73 bits per heavy atom. The van der Waals surface area contributed by atoms with E-state index in [0.717, 1.165) is 21.1 Å². The summed E-state index contributed by atoms with van der Waals surface area (Å²) in [4.78, 5) is 29.1. The van der Waals surface area contributed by atoms with Crippen LogP contribution in [0.15, 0.2) is 53.6 Å². The molecule has 1 amide bonds. The molecule has 2 aromatic carbocycles. The van der Waals surface area contributed by atoms with Crippen LogP contribution < -0.4 is 11.0 Å². The van der Waals surface area contributed by atoms with Crippen LogP contribution in [0.5, 0.6) is 0 Å². The number of carbonyl (C=O) groups excluding carboxylic acids is 1. The summed E-state index contributed by atoms with van der Waals surface area (Å²) < 4.78 is 2.47. The van der Waals surface area contributed by atoms with Gasteiger partial charge in [-0.2, -0.15) is 0 Å². The molecule has 7 nitrogen and oxygen atoms in total. The van der Waals surface area contributed by atoms with Crippen molar-refractivity contribution in [2.75, 3.05) is 5.32 Å². The van der Waals surface area contributed by atoms with Gasteiger partial charge in [-0.1, -0.05) is 23.7 Å². The van der Waals surface area contributed by atoms with Crippen molar-refractivity contribution in [2.24, 2.45) is 0 Å². The van der Waals surface area contributed by atoms with Crippen LogP contribution in [-0.4, -0.2) is 25.1 Å². The van der Waals surface area contributed by atoms with Gasteiger partial charge in [0.25, 0.3) is 0 Å². The number of nitrogens with zero attached hydrogens (tertiary/aromatic N) is 4. The van der Waals surface area contributed by atoms with Gasteiger partial charge < -0.3 is 5.32 Å². The molecule has 26 heavy (non-hydrogen) atoms. The maximum Gasteiger partial charge on any atom is 0.352 e. The predicted molar refractivity (Wildman–Crippen MR) is 99.6 cm³/mol. The summed E-state index contributed by atoms with van der Waals surface area (Å²) in [5, 5.41) is 8.38. The number of fused-ring (bicyclic) bond motifs is 3. The fourth-order valence-electron chi connectivity index (χ4n) is 2.81. The predicted octanol–water partition coefficient (Wildman–Crippen LogP) is 2.64. The molecule has 1 N–H and O–H groups in total. The maximum absolute atomic E-state index is 12.5. The van der Waals surface area contributed by atoms with Gasteiger partial charge in [-0.15, -0.1) is 5.10 Å². The lowest BCUT2D eigenvalue weighted by Gasteiger charge is -2.04. The van der Waals surface area contributed by atoms with Gasteiger partial charge in [-0.25, -0.2) is 18.9 Å². The summed E-state index contributed by atoms with van der Waals surface area (Å²) >= 11 is 5.83. The van der Waals surface area contributed by atoms with Gasteiger partial charge in [0.15, 0.2) is 5.65 Å². The van der Waals surface area contributed by atoms with Crippen molar-refractivity contribution in [1.29, 1.82) is 0 Å².